The smallest absolute Gasteiger partial charge is 0.130 e. The molecule has 0 fully saturated rings. The lowest BCUT2D eigenvalue weighted by Gasteiger charge is -2.19. The SMILES string of the molecule is CC(C)(C)Sc1c(CCO)n(Cc2ccc(Cl)cc2)c2ccc(OCc3ccc4ccccc4n3)cc12. The second kappa shape index (κ2) is 10.8. The van der Waals surface area contributed by atoms with Crippen molar-refractivity contribution in [1.29, 1.82) is 0 Å². The van der Waals surface area contributed by atoms with Crippen LogP contribution in [0.15, 0.2) is 83.8 Å². The summed E-state index contributed by atoms with van der Waals surface area (Å²) in [5.41, 5.74) is 5.29. The summed E-state index contributed by atoms with van der Waals surface area (Å²) in [5, 5.41) is 12.9. The van der Waals surface area contributed by atoms with Crippen LogP contribution in [0.4, 0.5) is 0 Å². The Labute approximate surface area is 227 Å². The highest BCUT2D eigenvalue weighted by Crippen LogP contribution is 2.42. The van der Waals surface area contributed by atoms with Gasteiger partial charge < -0.3 is 14.4 Å². The molecule has 6 heteroatoms. The molecular weight excluding hydrogens is 500 g/mol. The summed E-state index contributed by atoms with van der Waals surface area (Å²) in [6.45, 7) is 7.84. The fourth-order valence-corrected chi connectivity index (χ4v) is 5.86. The maximum Gasteiger partial charge on any atom is 0.130 e. The molecule has 2 aromatic heterocycles. The lowest BCUT2D eigenvalue weighted by Crippen LogP contribution is -2.10. The lowest BCUT2D eigenvalue weighted by atomic mass is 10.2. The number of nitrogens with zero attached hydrogens (tertiary/aromatic N) is 2. The van der Waals surface area contributed by atoms with Crippen LogP contribution in [0.3, 0.4) is 0 Å². The average Bonchev–Trinajstić information content (AvgIpc) is 3.14. The summed E-state index contributed by atoms with van der Waals surface area (Å²) >= 11 is 7.96. The molecule has 0 saturated carbocycles. The quantitative estimate of drug-likeness (QED) is 0.207. The third kappa shape index (κ3) is 5.96. The van der Waals surface area contributed by atoms with Crippen LogP contribution in [0.25, 0.3) is 21.8 Å². The second-order valence-electron chi connectivity index (χ2n) is 10.1. The summed E-state index contributed by atoms with van der Waals surface area (Å²) < 4.78 is 8.56. The van der Waals surface area contributed by atoms with Gasteiger partial charge >= 0.3 is 0 Å². The van der Waals surface area contributed by atoms with Gasteiger partial charge in [0.05, 0.1) is 11.2 Å². The third-order valence-corrected chi connectivity index (χ3v) is 7.67. The molecule has 0 spiro atoms. The molecule has 1 N–H and O–H groups in total. The van der Waals surface area contributed by atoms with Crippen molar-refractivity contribution < 1.29 is 9.84 Å². The van der Waals surface area contributed by atoms with Crippen molar-refractivity contribution in [2.45, 2.75) is 50.0 Å². The number of hydrogen-bond acceptors (Lipinski definition) is 4. The molecule has 0 unspecified atom stereocenters. The van der Waals surface area contributed by atoms with Crippen molar-refractivity contribution >= 4 is 45.2 Å². The third-order valence-electron chi connectivity index (χ3n) is 6.14. The van der Waals surface area contributed by atoms with E-state index in [0.29, 0.717) is 19.6 Å². The van der Waals surface area contributed by atoms with Crippen molar-refractivity contribution in [3.63, 3.8) is 0 Å². The van der Waals surface area contributed by atoms with Crippen LogP contribution >= 0.6 is 23.4 Å². The number of aliphatic hydroxyl groups is 1. The largest absolute Gasteiger partial charge is 0.487 e. The Bertz CT molecular complexity index is 1540. The first-order chi connectivity index (χ1) is 17.8. The molecule has 0 radical (unpaired) electrons. The van der Waals surface area contributed by atoms with Gasteiger partial charge in [0, 0.05) is 56.2 Å². The zero-order valence-electron chi connectivity index (χ0n) is 21.4. The molecule has 190 valence electrons. The van der Waals surface area contributed by atoms with Gasteiger partial charge in [0.25, 0.3) is 0 Å². The Balaban J connectivity index is 1.52. The summed E-state index contributed by atoms with van der Waals surface area (Å²) in [5.74, 6) is 0.803. The number of hydrogen-bond donors (Lipinski definition) is 1. The summed E-state index contributed by atoms with van der Waals surface area (Å²) in [6.07, 6.45) is 0.581. The molecule has 5 aromatic rings. The molecule has 0 aliphatic carbocycles. The van der Waals surface area contributed by atoms with E-state index in [1.54, 1.807) is 0 Å². The molecule has 0 bridgehead atoms. The maximum absolute atomic E-state index is 9.96. The standard InChI is InChI=1S/C31H31ClN2O2S/c1-31(2,3)37-30-26-18-25(36-20-24-13-10-22-6-4-5-7-27(22)33-24)14-15-28(26)34(29(30)16-17-35)19-21-8-11-23(32)12-9-21/h4-15,18,35H,16-17,19-20H2,1-3H3. The number of halogens is 1. The van der Waals surface area contributed by atoms with Crippen LogP contribution in [-0.2, 0) is 19.6 Å². The molecule has 0 atom stereocenters. The molecule has 2 heterocycles. The molecule has 37 heavy (non-hydrogen) atoms. The number of para-hydroxylation sites is 1. The van der Waals surface area contributed by atoms with Gasteiger partial charge in [-0.15, -0.1) is 11.8 Å². The van der Waals surface area contributed by atoms with Crippen molar-refractivity contribution in [2.24, 2.45) is 0 Å². The van der Waals surface area contributed by atoms with Crippen molar-refractivity contribution in [3.8, 4) is 5.75 Å². The van der Waals surface area contributed by atoms with Crippen LogP contribution in [0.1, 0.15) is 37.7 Å². The van der Waals surface area contributed by atoms with Gasteiger partial charge in [-0.2, -0.15) is 0 Å². The highest BCUT2D eigenvalue weighted by atomic mass is 35.5. The minimum atomic E-state index is 0.00939. The number of aliphatic hydroxyl groups excluding tert-OH is 1. The first-order valence-electron chi connectivity index (χ1n) is 12.5. The van der Waals surface area contributed by atoms with Gasteiger partial charge in [0.2, 0.25) is 0 Å². The van der Waals surface area contributed by atoms with Crippen molar-refractivity contribution in [2.75, 3.05) is 6.61 Å². The van der Waals surface area contributed by atoms with E-state index in [1.165, 1.54) is 4.90 Å². The van der Waals surface area contributed by atoms with Gasteiger partial charge in [0.1, 0.15) is 12.4 Å². The van der Waals surface area contributed by atoms with Gasteiger partial charge in [-0.25, -0.2) is 4.98 Å². The monoisotopic (exact) mass is 530 g/mol. The summed E-state index contributed by atoms with van der Waals surface area (Å²) in [4.78, 5) is 5.94. The summed E-state index contributed by atoms with van der Waals surface area (Å²) in [6, 6.07) is 26.4. The van der Waals surface area contributed by atoms with Crippen LogP contribution in [0.5, 0.6) is 5.75 Å². The first-order valence-corrected chi connectivity index (χ1v) is 13.7. The zero-order valence-corrected chi connectivity index (χ0v) is 22.9. The number of rotatable bonds is 8. The predicted octanol–water partition coefficient (Wildman–Crippen LogP) is 7.90. The van der Waals surface area contributed by atoms with E-state index in [2.05, 4.69) is 61.7 Å². The minimum absolute atomic E-state index is 0.00939. The Hall–Kier alpha value is -2.99. The zero-order chi connectivity index (χ0) is 26.0. The van der Waals surface area contributed by atoms with Crippen LogP contribution in [0, 0.1) is 0 Å². The molecule has 0 saturated heterocycles. The van der Waals surface area contributed by atoms with Gasteiger partial charge in [-0.1, -0.05) is 68.8 Å². The van der Waals surface area contributed by atoms with E-state index < -0.39 is 0 Å². The average molecular weight is 531 g/mol. The fourth-order valence-electron chi connectivity index (χ4n) is 4.52. The second-order valence-corrected chi connectivity index (χ2v) is 12.4. The Morgan fingerprint density at radius 2 is 1.76 bits per heavy atom. The molecule has 3 aromatic carbocycles. The maximum atomic E-state index is 9.96. The van der Waals surface area contributed by atoms with E-state index in [4.69, 9.17) is 21.3 Å². The number of pyridine rings is 1. The topological polar surface area (TPSA) is 47.3 Å². The molecule has 0 aliphatic heterocycles. The number of thioether (sulfide) groups is 1. The van der Waals surface area contributed by atoms with E-state index in [0.717, 1.165) is 49.5 Å². The van der Waals surface area contributed by atoms with Crippen molar-refractivity contribution in [1.82, 2.24) is 9.55 Å². The van der Waals surface area contributed by atoms with Crippen molar-refractivity contribution in [3.05, 3.63) is 101 Å². The molecule has 4 nitrogen and oxygen atoms in total. The Morgan fingerprint density at radius 1 is 0.973 bits per heavy atom. The van der Waals surface area contributed by atoms with Crippen LogP contribution in [-0.4, -0.2) is 26.0 Å². The number of benzene rings is 3. The first kappa shape index (κ1) is 25.7. The fraction of sp³-hybridized carbons (Fsp3) is 0.258. The van der Waals surface area contributed by atoms with E-state index in [-0.39, 0.29) is 11.4 Å². The molecule has 5 rings (SSSR count). The lowest BCUT2D eigenvalue weighted by molar-refractivity contribution is 0.296. The molecule has 0 amide bonds. The highest BCUT2D eigenvalue weighted by molar-refractivity contribution is 8.00. The number of aromatic nitrogens is 2. The van der Waals surface area contributed by atoms with Gasteiger partial charge in [0.15, 0.2) is 0 Å². The normalized spacial score (nSPS) is 11.9. The van der Waals surface area contributed by atoms with E-state index in [9.17, 15) is 5.11 Å². The number of ether oxygens (including phenoxy) is 1. The predicted molar refractivity (Wildman–Crippen MR) is 155 cm³/mol. The van der Waals surface area contributed by atoms with Gasteiger partial charge in [-0.05, 0) is 48.0 Å². The summed E-state index contributed by atoms with van der Waals surface area (Å²) in [7, 11) is 0. The minimum Gasteiger partial charge on any atom is -0.487 e. The Morgan fingerprint density at radius 3 is 2.51 bits per heavy atom. The Kier molecular flexibility index (Phi) is 7.47. The number of fused-ring (bicyclic) bond motifs is 2. The van der Waals surface area contributed by atoms with E-state index in [1.807, 2.05) is 54.2 Å². The highest BCUT2D eigenvalue weighted by Gasteiger charge is 2.23. The molecular formula is C31H31ClN2O2S. The van der Waals surface area contributed by atoms with Gasteiger partial charge in [-0.3, -0.25) is 0 Å². The van der Waals surface area contributed by atoms with E-state index >= 15 is 0 Å². The van der Waals surface area contributed by atoms with Crippen LogP contribution < -0.4 is 4.74 Å². The van der Waals surface area contributed by atoms with Crippen LogP contribution in [0.2, 0.25) is 5.02 Å². The molecule has 0 aliphatic rings.